The lowest BCUT2D eigenvalue weighted by Gasteiger charge is -2.05. The largest absolute Gasteiger partial charge is 0.398 e. The minimum absolute atomic E-state index is 0.268. The zero-order valence-corrected chi connectivity index (χ0v) is 10.0. The molecular weight excluding hydrogens is 226 g/mol. The Morgan fingerprint density at radius 3 is 3.00 bits per heavy atom. The number of amides is 1. The Morgan fingerprint density at radius 1 is 1.44 bits per heavy atom. The fourth-order valence-electron chi connectivity index (χ4n) is 1.62. The van der Waals surface area contributed by atoms with Crippen LogP contribution in [0.25, 0.3) is 10.9 Å². The predicted molar refractivity (Wildman–Crippen MR) is 71.9 cm³/mol. The van der Waals surface area contributed by atoms with Gasteiger partial charge < -0.3 is 11.1 Å². The molecule has 2 rings (SSSR count). The molecule has 0 bridgehead atoms. The van der Waals surface area contributed by atoms with E-state index in [1.54, 1.807) is 13.0 Å². The van der Waals surface area contributed by atoms with Gasteiger partial charge in [-0.1, -0.05) is 24.1 Å². The Kier molecular flexibility index (Phi) is 3.44. The standard InChI is InChI=1S/C14H13N3O/c1-2-3-8-16-14(18)13-9-11(15)10-6-4-5-7-12(10)17-13/h4-7,9H,8H2,1H3,(H2,15,17)(H,16,18). The maximum Gasteiger partial charge on any atom is 0.270 e. The van der Waals surface area contributed by atoms with Crippen LogP contribution in [0.15, 0.2) is 30.3 Å². The third-order valence-corrected chi connectivity index (χ3v) is 2.49. The topological polar surface area (TPSA) is 68.0 Å². The second-order valence-electron chi connectivity index (χ2n) is 3.72. The Morgan fingerprint density at radius 2 is 2.22 bits per heavy atom. The molecule has 2 aromatic rings. The van der Waals surface area contributed by atoms with E-state index >= 15 is 0 Å². The van der Waals surface area contributed by atoms with Gasteiger partial charge in [-0.2, -0.15) is 0 Å². The van der Waals surface area contributed by atoms with Crippen LogP contribution in [0.1, 0.15) is 17.4 Å². The molecule has 0 aliphatic carbocycles. The van der Waals surface area contributed by atoms with Crippen LogP contribution in [0.5, 0.6) is 0 Å². The molecular formula is C14H13N3O. The van der Waals surface area contributed by atoms with Gasteiger partial charge in [0.05, 0.1) is 12.1 Å². The molecule has 1 heterocycles. The van der Waals surface area contributed by atoms with Crippen molar-refractivity contribution in [2.75, 3.05) is 12.3 Å². The summed E-state index contributed by atoms with van der Waals surface area (Å²) >= 11 is 0. The van der Waals surface area contributed by atoms with Crippen molar-refractivity contribution in [3.05, 3.63) is 36.0 Å². The second-order valence-corrected chi connectivity index (χ2v) is 3.72. The van der Waals surface area contributed by atoms with Gasteiger partial charge in [-0.3, -0.25) is 4.79 Å². The van der Waals surface area contributed by atoms with Crippen molar-refractivity contribution in [1.29, 1.82) is 0 Å². The van der Waals surface area contributed by atoms with Crippen molar-refractivity contribution in [1.82, 2.24) is 10.3 Å². The van der Waals surface area contributed by atoms with Gasteiger partial charge in [0, 0.05) is 11.1 Å². The van der Waals surface area contributed by atoms with E-state index in [2.05, 4.69) is 22.1 Å². The van der Waals surface area contributed by atoms with Crippen LogP contribution in [-0.2, 0) is 0 Å². The van der Waals surface area contributed by atoms with Crippen LogP contribution in [-0.4, -0.2) is 17.4 Å². The van der Waals surface area contributed by atoms with Gasteiger partial charge in [-0.25, -0.2) is 4.98 Å². The van der Waals surface area contributed by atoms with E-state index in [1.165, 1.54) is 0 Å². The first-order valence-corrected chi connectivity index (χ1v) is 5.55. The minimum atomic E-state index is -0.268. The first kappa shape index (κ1) is 11.9. The van der Waals surface area contributed by atoms with Gasteiger partial charge in [0.2, 0.25) is 0 Å². The monoisotopic (exact) mass is 239 g/mol. The average molecular weight is 239 g/mol. The first-order chi connectivity index (χ1) is 8.72. The van der Waals surface area contributed by atoms with E-state index in [0.29, 0.717) is 23.4 Å². The zero-order valence-electron chi connectivity index (χ0n) is 10.0. The van der Waals surface area contributed by atoms with E-state index in [4.69, 9.17) is 5.73 Å². The van der Waals surface area contributed by atoms with Gasteiger partial charge in [0.25, 0.3) is 5.91 Å². The molecule has 0 saturated carbocycles. The summed E-state index contributed by atoms with van der Waals surface area (Å²) < 4.78 is 0. The number of para-hydroxylation sites is 1. The average Bonchev–Trinajstić information content (AvgIpc) is 2.39. The van der Waals surface area contributed by atoms with Crippen molar-refractivity contribution in [2.24, 2.45) is 0 Å². The summed E-state index contributed by atoms with van der Waals surface area (Å²) in [5.74, 6) is 5.20. The summed E-state index contributed by atoms with van der Waals surface area (Å²) in [4.78, 5) is 16.1. The second kappa shape index (κ2) is 5.19. The predicted octanol–water partition coefficient (Wildman–Crippen LogP) is 1.57. The lowest BCUT2D eigenvalue weighted by atomic mass is 10.1. The van der Waals surface area contributed by atoms with Gasteiger partial charge in [0.1, 0.15) is 5.69 Å². The molecule has 1 aromatic heterocycles. The van der Waals surface area contributed by atoms with E-state index in [-0.39, 0.29) is 5.91 Å². The number of hydrogen-bond donors (Lipinski definition) is 2. The minimum Gasteiger partial charge on any atom is -0.398 e. The quantitative estimate of drug-likeness (QED) is 0.782. The Balaban J connectivity index is 2.33. The number of pyridine rings is 1. The van der Waals surface area contributed by atoms with E-state index in [0.717, 1.165) is 5.39 Å². The number of nitrogens with zero attached hydrogens (tertiary/aromatic N) is 1. The molecule has 0 spiro atoms. The lowest BCUT2D eigenvalue weighted by Crippen LogP contribution is -2.24. The van der Waals surface area contributed by atoms with Crippen LogP contribution >= 0.6 is 0 Å². The van der Waals surface area contributed by atoms with Crippen LogP contribution in [0.2, 0.25) is 0 Å². The molecule has 4 heteroatoms. The van der Waals surface area contributed by atoms with Crippen LogP contribution in [0.3, 0.4) is 0 Å². The highest BCUT2D eigenvalue weighted by molar-refractivity contribution is 5.99. The molecule has 1 amide bonds. The number of benzene rings is 1. The van der Waals surface area contributed by atoms with Crippen molar-refractivity contribution >= 4 is 22.5 Å². The molecule has 0 unspecified atom stereocenters. The highest BCUT2D eigenvalue weighted by Gasteiger charge is 2.09. The van der Waals surface area contributed by atoms with Crippen LogP contribution < -0.4 is 11.1 Å². The number of carbonyl (C=O) groups is 1. The zero-order chi connectivity index (χ0) is 13.0. The number of hydrogen-bond acceptors (Lipinski definition) is 3. The molecule has 0 radical (unpaired) electrons. The molecule has 0 atom stereocenters. The molecule has 1 aromatic carbocycles. The smallest absolute Gasteiger partial charge is 0.270 e. The molecule has 0 aliphatic heterocycles. The SMILES string of the molecule is CC#CCNC(=O)c1cc(N)c2ccccc2n1. The Bertz CT molecular complexity index is 653. The van der Waals surface area contributed by atoms with Crippen LogP contribution in [0.4, 0.5) is 5.69 Å². The molecule has 0 aliphatic rings. The van der Waals surface area contributed by atoms with E-state index in [1.807, 2.05) is 24.3 Å². The molecule has 4 nitrogen and oxygen atoms in total. The number of carbonyl (C=O) groups excluding carboxylic acids is 1. The maximum absolute atomic E-state index is 11.8. The van der Waals surface area contributed by atoms with Crippen molar-refractivity contribution in [2.45, 2.75) is 6.92 Å². The number of nitrogens with two attached hydrogens (primary N) is 1. The number of anilines is 1. The summed E-state index contributed by atoms with van der Waals surface area (Å²) in [6.45, 7) is 2.03. The molecule has 0 saturated heterocycles. The summed E-state index contributed by atoms with van der Waals surface area (Å²) in [6, 6.07) is 9.03. The number of nitrogens with one attached hydrogen (secondary N) is 1. The van der Waals surface area contributed by atoms with Crippen molar-refractivity contribution in [3.8, 4) is 11.8 Å². The molecule has 0 fully saturated rings. The third kappa shape index (κ3) is 2.41. The number of nitrogen functional groups attached to an aromatic ring is 1. The third-order valence-electron chi connectivity index (χ3n) is 2.49. The fraction of sp³-hybridized carbons (Fsp3) is 0.143. The highest BCUT2D eigenvalue weighted by Crippen LogP contribution is 2.19. The molecule has 18 heavy (non-hydrogen) atoms. The maximum atomic E-state index is 11.8. The van der Waals surface area contributed by atoms with E-state index in [9.17, 15) is 4.79 Å². The number of rotatable bonds is 2. The molecule has 3 N–H and O–H groups in total. The Labute approximate surface area is 105 Å². The molecule has 90 valence electrons. The van der Waals surface area contributed by atoms with Gasteiger partial charge in [-0.05, 0) is 19.1 Å². The van der Waals surface area contributed by atoms with Crippen molar-refractivity contribution in [3.63, 3.8) is 0 Å². The summed E-state index contributed by atoms with van der Waals surface area (Å²) in [6.07, 6.45) is 0. The normalized spacial score (nSPS) is 9.61. The summed E-state index contributed by atoms with van der Waals surface area (Å²) in [5.41, 5.74) is 7.47. The first-order valence-electron chi connectivity index (χ1n) is 5.55. The van der Waals surface area contributed by atoms with Gasteiger partial charge in [-0.15, -0.1) is 5.92 Å². The number of aromatic nitrogens is 1. The Hall–Kier alpha value is -2.54. The van der Waals surface area contributed by atoms with Gasteiger partial charge in [0.15, 0.2) is 0 Å². The van der Waals surface area contributed by atoms with Crippen LogP contribution in [0, 0.1) is 11.8 Å². The lowest BCUT2D eigenvalue weighted by molar-refractivity contribution is 0.0954. The van der Waals surface area contributed by atoms with Gasteiger partial charge >= 0.3 is 0 Å². The highest BCUT2D eigenvalue weighted by atomic mass is 16.1. The summed E-state index contributed by atoms with van der Waals surface area (Å²) in [7, 11) is 0. The van der Waals surface area contributed by atoms with Crippen molar-refractivity contribution < 1.29 is 4.79 Å². The number of fused-ring (bicyclic) bond motifs is 1. The summed E-state index contributed by atoms with van der Waals surface area (Å²) in [5, 5.41) is 3.51. The fourth-order valence-corrected chi connectivity index (χ4v) is 1.62. The van der Waals surface area contributed by atoms with E-state index < -0.39 is 0 Å².